The van der Waals surface area contributed by atoms with Gasteiger partial charge in [0.1, 0.15) is 0 Å². The largest absolute Gasteiger partial charge is 0.493 e. The number of rotatable bonds is 13. The average Bonchev–Trinajstić information content (AvgIpc) is 3.37. The van der Waals surface area contributed by atoms with Crippen molar-refractivity contribution in [3.63, 3.8) is 0 Å². The molecule has 1 aromatic heterocycles. The molecule has 0 saturated carbocycles. The van der Waals surface area contributed by atoms with Crippen molar-refractivity contribution >= 4 is 22.9 Å². The molecule has 1 saturated heterocycles. The molecule has 0 bridgehead atoms. The second-order valence-electron chi connectivity index (χ2n) is 9.10. The van der Waals surface area contributed by atoms with Crippen molar-refractivity contribution in [2.45, 2.75) is 18.8 Å². The van der Waals surface area contributed by atoms with Gasteiger partial charge in [0.05, 0.1) is 20.3 Å². The van der Waals surface area contributed by atoms with Gasteiger partial charge in [0.25, 0.3) is 0 Å². The Kier molecular flexibility index (Phi) is 9.99. The fourth-order valence-electron chi connectivity index (χ4n) is 4.68. The van der Waals surface area contributed by atoms with Crippen LogP contribution in [0.4, 0.5) is 0 Å². The van der Waals surface area contributed by atoms with Crippen molar-refractivity contribution in [1.29, 1.82) is 0 Å². The molecular weight excluding hydrogens is 470 g/mol. The summed E-state index contributed by atoms with van der Waals surface area (Å²) in [5.41, 5.74) is 3.49. The van der Waals surface area contributed by atoms with Crippen molar-refractivity contribution in [3.05, 3.63) is 65.9 Å². The third kappa shape index (κ3) is 7.58. The number of ether oxygens (including phenoxy) is 4. The Balaban J connectivity index is 1.17. The third-order valence-electron chi connectivity index (χ3n) is 6.72. The number of likely N-dealkylation sites (tertiary alicyclic amines) is 1. The number of benzene rings is 2. The van der Waals surface area contributed by atoms with E-state index < -0.39 is 0 Å². The van der Waals surface area contributed by atoms with Crippen molar-refractivity contribution in [3.8, 4) is 11.5 Å². The van der Waals surface area contributed by atoms with Crippen LogP contribution < -0.4 is 14.8 Å². The molecule has 3 aromatic rings. The normalized spacial score (nSPS) is 14.9. The van der Waals surface area contributed by atoms with Gasteiger partial charge >= 0.3 is 0 Å². The Morgan fingerprint density at radius 1 is 1.11 bits per heavy atom. The molecule has 37 heavy (non-hydrogen) atoms. The van der Waals surface area contributed by atoms with Crippen LogP contribution in [0.25, 0.3) is 17.0 Å². The smallest absolute Gasteiger partial charge is 0.244 e. The number of H-pyrrole nitrogens is 1. The van der Waals surface area contributed by atoms with Gasteiger partial charge in [-0.3, -0.25) is 4.79 Å². The SMILES string of the molecule is COCCOCOc1ccc(C=CC(=O)NCCN2CCC(c3c[nH]c4ccccc34)CC2)cc1OC. The Labute approximate surface area is 218 Å². The van der Waals surface area contributed by atoms with E-state index in [0.29, 0.717) is 37.2 Å². The molecule has 0 unspecified atom stereocenters. The van der Waals surface area contributed by atoms with Crippen molar-refractivity contribution in [2.75, 3.05) is 60.4 Å². The number of carbonyl (C=O) groups is 1. The van der Waals surface area contributed by atoms with E-state index in [9.17, 15) is 4.79 Å². The fraction of sp³-hybridized carbons (Fsp3) is 0.414. The summed E-state index contributed by atoms with van der Waals surface area (Å²) in [6.45, 7) is 4.64. The Hall–Kier alpha value is -3.33. The lowest BCUT2D eigenvalue weighted by atomic mass is 9.89. The maximum atomic E-state index is 12.3. The number of nitrogens with zero attached hydrogens (tertiary/aromatic N) is 1. The highest BCUT2D eigenvalue weighted by Crippen LogP contribution is 2.33. The molecule has 0 aliphatic carbocycles. The number of methoxy groups -OCH3 is 2. The molecular formula is C29H37N3O5. The molecule has 198 valence electrons. The first kappa shape index (κ1) is 26.7. The molecule has 0 spiro atoms. The minimum atomic E-state index is -0.112. The van der Waals surface area contributed by atoms with E-state index >= 15 is 0 Å². The van der Waals surface area contributed by atoms with Gasteiger partial charge in [0.2, 0.25) is 5.91 Å². The number of amides is 1. The first-order valence-electron chi connectivity index (χ1n) is 12.8. The number of aromatic amines is 1. The zero-order chi connectivity index (χ0) is 25.9. The number of fused-ring (bicyclic) bond motifs is 1. The molecule has 1 aliphatic rings. The summed E-state index contributed by atoms with van der Waals surface area (Å²) in [6.07, 6.45) is 7.76. The van der Waals surface area contributed by atoms with Crippen molar-refractivity contribution in [1.82, 2.24) is 15.2 Å². The van der Waals surface area contributed by atoms with Crippen LogP contribution in [0, 0.1) is 0 Å². The summed E-state index contributed by atoms with van der Waals surface area (Å²) in [4.78, 5) is 18.2. The van der Waals surface area contributed by atoms with Crippen LogP contribution >= 0.6 is 0 Å². The van der Waals surface area contributed by atoms with Gasteiger partial charge in [0, 0.05) is 43.4 Å². The highest BCUT2D eigenvalue weighted by molar-refractivity contribution is 5.91. The van der Waals surface area contributed by atoms with E-state index in [4.69, 9.17) is 18.9 Å². The second-order valence-corrected chi connectivity index (χ2v) is 9.10. The van der Waals surface area contributed by atoms with E-state index in [-0.39, 0.29) is 12.7 Å². The summed E-state index contributed by atoms with van der Waals surface area (Å²) >= 11 is 0. The third-order valence-corrected chi connectivity index (χ3v) is 6.72. The summed E-state index contributed by atoms with van der Waals surface area (Å²) in [6, 6.07) is 14.0. The molecule has 0 atom stereocenters. The maximum Gasteiger partial charge on any atom is 0.244 e. The number of hydrogen-bond acceptors (Lipinski definition) is 6. The van der Waals surface area contributed by atoms with Gasteiger partial charge in [-0.25, -0.2) is 0 Å². The lowest BCUT2D eigenvalue weighted by Gasteiger charge is -2.31. The molecule has 2 aromatic carbocycles. The zero-order valence-corrected chi connectivity index (χ0v) is 21.7. The van der Waals surface area contributed by atoms with Crippen LogP contribution in [-0.2, 0) is 14.3 Å². The first-order chi connectivity index (χ1) is 18.2. The highest BCUT2D eigenvalue weighted by atomic mass is 16.7. The van der Waals surface area contributed by atoms with Crippen LogP contribution in [0.2, 0.25) is 0 Å². The van der Waals surface area contributed by atoms with Gasteiger partial charge in [-0.05, 0) is 67.3 Å². The predicted octanol–water partition coefficient (Wildman–Crippen LogP) is 4.18. The molecule has 8 nitrogen and oxygen atoms in total. The highest BCUT2D eigenvalue weighted by Gasteiger charge is 2.22. The summed E-state index contributed by atoms with van der Waals surface area (Å²) < 4.78 is 21.3. The fourth-order valence-corrected chi connectivity index (χ4v) is 4.68. The van der Waals surface area contributed by atoms with Crippen LogP contribution in [-0.4, -0.2) is 76.2 Å². The number of para-hydroxylation sites is 1. The van der Waals surface area contributed by atoms with Crippen molar-refractivity contribution < 1.29 is 23.7 Å². The van der Waals surface area contributed by atoms with E-state index in [1.165, 1.54) is 16.5 Å². The number of piperidine rings is 1. The second kappa shape index (κ2) is 13.8. The standard InChI is InChI=1S/C29H37N3O5/c1-34-17-18-36-21-37-27-9-7-22(19-28(27)35-2)8-10-29(33)30-13-16-32-14-11-23(12-15-32)25-20-31-26-6-4-3-5-24(25)26/h3-10,19-20,23,31H,11-18,21H2,1-2H3,(H,30,33). The number of hydrogen-bond donors (Lipinski definition) is 2. The number of carbonyl (C=O) groups excluding carboxylic acids is 1. The van der Waals surface area contributed by atoms with E-state index in [1.807, 2.05) is 12.1 Å². The van der Waals surface area contributed by atoms with Crippen molar-refractivity contribution in [2.24, 2.45) is 0 Å². The van der Waals surface area contributed by atoms with E-state index in [2.05, 4.69) is 45.7 Å². The van der Waals surface area contributed by atoms with Crippen LogP contribution in [0.1, 0.15) is 29.9 Å². The monoisotopic (exact) mass is 507 g/mol. The molecule has 1 fully saturated rings. The molecule has 8 heteroatoms. The molecule has 1 amide bonds. The van der Waals surface area contributed by atoms with E-state index in [0.717, 1.165) is 38.0 Å². The molecule has 2 N–H and O–H groups in total. The lowest BCUT2D eigenvalue weighted by Crippen LogP contribution is -2.38. The van der Waals surface area contributed by atoms with Gasteiger partial charge in [-0.15, -0.1) is 0 Å². The minimum absolute atomic E-state index is 0.109. The minimum Gasteiger partial charge on any atom is -0.493 e. The average molecular weight is 508 g/mol. The summed E-state index contributed by atoms with van der Waals surface area (Å²) in [5, 5.41) is 4.33. The Morgan fingerprint density at radius 3 is 2.76 bits per heavy atom. The first-order valence-corrected chi connectivity index (χ1v) is 12.8. The van der Waals surface area contributed by atoms with Gasteiger partial charge in [-0.1, -0.05) is 24.3 Å². The van der Waals surface area contributed by atoms with Gasteiger partial charge in [0.15, 0.2) is 18.3 Å². The summed E-state index contributed by atoms with van der Waals surface area (Å²) in [5.74, 6) is 1.63. The quantitative estimate of drug-likeness (QED) is 0.205. The van der Waals surface area contributed by atoms with Gasteiger partial charge < -0.3 is 34.1 Å². The summed E-state index contributed by atoms with van der Waals surface area (Å²) in [7, 11) is 3.20. The zero-order valence-electron chi connectivity index (χ0n) is 21.7. The molecule has 0 radical (unpaired) electrons. The number of aromatic nitrogens is 1. The Bertz CT molecular complexity index is 1170. The molecule has 2 heterocycles. The topological polar surface area (TPSA) is 85.1 Å². The van der Waals surface area contributed by atoms with Crippen LogP contribution in [0.3, 0.4) is 0 Å². The van der Waals surface area contributed by atoms with Gasteiger partial charge in [-0.2, -0.15) is 0 Å². The Morgan fingerprint density at radius 2 is 1.95 bits per heavy atom. The van der Waals surface area contributed by atoms with E-state index in [1.54, 1.807) is 32.4 Å². The maximum absolute atomic E-state index is 12.3. The predicted molar refractivity (Wildman–Crippen MR) is 145 cm³/mol. The molecule has 1 aliphatic heterocycles. The number of nitrogens with one attached hydrogen (secondary N) is 2. The van der Waals surface area contributed by atoms with Crippen LogP contribution in [0.15, 0.2) is 54.7 Å². The molecule has 4 rings (SSSR count). The van der Waals surface area contributed by atoms with Crippen LogP contribution in [0.5, 0.6) is 11.5 Å². The lowest BCUT2D eigenvalue weighted by molar-refractivity contribution is -0.116.